The fourth-order valence-electron chi connectivity index (χ4n) is 4.46. The number of carbonyl (C=O) groups is 1. The molecule has 5 aromatic rings. The largest absolute Gasteiger partial charge is 0.489 e. The molecule has 7 heteroatoms. The van der Waals surface area contributed by atoms with Gasteiger partial charge in [0.1, 0.15) is 18.2 Å². The number of thiazole rings is 1. The van der Waals surface area contributed by atoms with Gasteiger partial charge in [-0.2, -0.15) is 9.78 Å². The fourth-order valence-corrected chi connectivity index (χ4v) is 5.38. The first-order valence-corrected chi connectivity index (χ1v) is 12.0. The van der Waals surface area contributed by atoms with Crippen molar-refractivity contribution in [3.05, 3.63) is 101 Å². The van der Waals surface area contributed by atoms with Crippen LogP contribution in [-0.2, 0) is 11.4 Å². The summed E-state index contributed by atoms with van der Waals surface area (Å²) in [5.74, 6) is 1.41. The zero-order valence-corrected chi connectivity index (χ0v) is 19.4. The summed E-state index contributed by atoms with van der Waals surface area (Å²) in [5.41, 5.74) is 5.04. The van der Waals surface area contributed by atoms with Crippen LogP contribution in [0.4, 0.5) is 5.82 Å². The second-order valence-electron chi connectivity index (χ2n) is 8.37. The summed E-state index contributed by atoms with van der Waals surface area (Å²) in [6.07, 6.45) is 0.379. The van der Waals surface area contributed by atoms with E-state index in [9.17, 15) is 4.79 Å². The molecular weight excluding hydrogens is 444 g/mol. The lowest BCUT2D eigenvalue weighted by atomic mass is 9.86. The molecular formula is C27H22N4O2S. The minimum absolute atomic E-state index is 0.0239. The van der Waals surface area contributed by atoms with E-state index in [-0.39, 0.29) is 11.8 Å². The molecule has 1 unspecified atom stereocenters. The zero-order valence-electron chi connectivity index (χ0n) is 18.6. The van der Waals surface area contributed by atoms with Crippen LogP contribution in [0.25, 0.3) is 15.3 Å². The second kappa shape index (κ2) is 8.43. The van der Waals surface area contributed by atoms with E-state index in [1.165, 1.54) is 0 Å². The van der Waals surface area contributed by atoms with Crippen LogP contribution in [0.5, 0.6) is 5.75 Å². The van der Waals surface area contributed by atoms with Crippen molar-refractivity contribution >= 4 is 33.3 Å². The molecule has 0 spiro atoms. The van der Waals surface area contributed by atoms with Gasteiger partial charge in [0, 0.05) is 17.9 Å². The topological polar surface area (TPSA) is 69.0 Å². The number of amides is 1. The number of nitrogens with zero attached hydrogens (tertiary/aromatic N) is 3. The average molecular weight is 467 g/mol. The highest BCUT2D eigenvalue weighted by Crippen LogP contribution is 2.41. The van der Waals surface area contributed by atoms with E-state index in [4.69, 9.17) is 14.8 Å². The van der Waals surface area contributed by atoms with Crippen LogP contribution in [0.2, 0.25) is 0 Å². The number of anilines is 1. The molecule has 1 atom stereocenters. The van der Waals surface area contributed by atoms with Crippen LogP contribution in [0.15, 0.2) is 78.9 Å². The number of ether oxygens (including phenoxy) is 1. The van der Waals surface area contributed by atoms with Gasteiger partial charge in [0.15, 0.2) is 0 Å². The molecule has 3 aromatic carbocycles. The standard InChI is InChI=1S/C27H22N4O2S/c1-17-25-21(19-11-13-20(14-12-19)33-16-18-7-3-2-4-8-18)15-24(32)29-26(25)31(30-17)27-28-22-9-5-6-10-23(22)34-27/h2-14,21H,15-16H2,1H3,(H,29,32). The van der Waals surface area contributed by atoms with Crippen molar-refractivity contribution < 1.29 is 9.53 Å². The zero-order chi connectivity index (χ0) is 23.1. The third-order valence-electron chi connectivity index (χ3n) is 6.10. The normalized spacial score (nSPS) is 15.2. The summed E-state index contributed by atoms with van der Waals surface area (Å²) in [6, 6.07) is 26.1. The van der Waals surface area contributed by atoms with Crippen LogP contribution in [-0.4, -0.2) is 20.7 Å². The van der Waals surface area contributed by atoms with E-state index in [1.807, 2.05) is 85.8 Å². The first kappa shape index (κ1) is 20.6. The summed E-state index contributed by atoms with van der Waals surface area (Å²) in [4.78, 5) is 17.4. The Morgan fingerprint density at radius 3 is 2.59 bits per heavy atom. The van der Waals surface area contributed by atoms with Crippen molar-refractivity contribution in [1.82, 2.24) is 14.8 Å². The molecule has 0 saturated heterocycles. The van der Waals surface area contributed by atoms with Gasteiger partial charge in [-0.3, -0.25) is 4.79 Å². The van der Waals surface area contributed by atoms with E-state index in [1.54, 1.807) is 16.0 Å². The molecule has 1 aliphatic heterocycles. The molecule has 0 fully saturated rings. The summed E-state index contributed by atoms with van der Waals surface area (Å²) in [5, 5.41) is 8.57. The molecule has 0 bridgehead atoms. The Bertz CT molecular complexity index is 1460. The van der Waals surface area contributed by atoms with Crippen LogP contribution in [0.1, 0.15) is 34.7 Å². The summed E-state index contributed by atoms with van der Waals surface area (Å²) >= 11 is 1.56. The minimum atomic E-state index is -0.0740. The van der Waals surface area contributed by atoms with Gasteiger partial charge in [-0.05, 0) is 42.3 Å². The van der Waals surface area contributed by atoms with Gasteiger partial charge in [0.25, 0.3) is 0 Å². The van der Waals surface area contributed by atoms with Crippen LogP contribution in [0, 0.1) is 6.92 Å². The van der Waals surface area contributed by atoms with E-state index < -0.39 is 0 Å². The van der Waals surface area contributed by atoms with Crippen molar-refractivity contribution in [2.75, 3.05) is 5.32 Å². The maximum atomic E-state index is 12.7. The number of hydrogen-bond donors (Lipinski definition) is 1. The maximum absolute atomic E-state index is 12.7. The predicted octanol–water partition coefficient (Wildman–Crippen LogP) is 5.84. The van der Waals surface area contributed by atoms with Gasteiger partial charge in [-0.15, -0.1) is 0 Å². The average Bonchev–Trinajstić information content (AvgIpc) is 3.44. The molecule has 2 aromatic heterocycles. The van der Waals surface area contributed by atoms with Gasteiger partial charge < -0.3 is 10.1 Å². The molecule has 0 radical (unpaired) electrons. The molecule has 1 aliphatic rings. The van der Waals surface area contributed by atoms with Crippen LogP contribution >= 0.6 is 11.3 Å². The Balaban J connectivity index is 1.31. The monoisotopic (exact) mass is 466 g/mol. The minimum Gasteiger partial charge on any atom is -0.489 e. The van der Waals surface area contributed by atoms with Crippen LogP contribution < -0.4 is 10.1 Å². The van der Waals surface area contributed by atoms with Gasteiger partial charge >= 0.3 is 0 Å². The molecule has 168 valence electrons. The van der Waals surface area contributed by atoms with E-state index in [0.717, 1.165) is 43.5 Å². The quantitative estimate of drug-likeness (QED) is 0.353. The van der Waals surface area contributed by atoms with Crippen molar-refractivity contribution in [1.29, 1.82) is 0 Å². The van der Waals surface area contributed by atoms with Gasteiger partial charge in [-0.25, -0.2) is 4.98 Å². The Labute approximate surface area is 200 Å². The maximum Gasteiger partial charge on any atom is 0.226 e. The lowest BCUT2D eigenvalue weighted by Crippen LogP contribution is -2.24. The highest BCUT2D eigenvalue weighted by Gasteiger charge is 2.33. The Kier molecular flexibility index (Phi) is 5.11. The first-order chi connectivity index (χ1) is 16.7. The molecule has 1 N–H and O–H groups in total. The highest BCUT2D eigenvalue weighted by molar-refractivity contribution is 7.20. The fraction of sp³-hybridized carbons (Fsp3) is 0.148. The number of hydrogen-bond acceptors (Lipinski definition) is 5. The van der Waals surface area contributed by atoms with E-state index >= 15 is 0 Å². The smallest absolute Gasteiger partial charge is 0.226 e. The molecule has 0 aliphatic carbocycles. The molecule has 6 nitrogen and oxygen atoms in total. The lowest BCUT2D eigenvalue weighted by molar-refractivity contribution is -0.116. The van der Waals surface area contributed by atoms with Crippen molar-refractivity contribution in [2.45, 2.75) is 25.9 Å². The number of benzene rings is 3. The molecule has 1 amide bonds. The number of nitrogens with one attached hydrogen (secondary N) is 1. The number of para-hydroxylation sites is 1. The summed E-state index contributed by atoms with van der Waals surface area (Å²) < 4.78 is 8.80. The highest BCUT2D eigenvalue weighted by atomic mass is 32.1. The third kappa shape index (κ3) is 3.74. The number of aryl methyl sites for hydroxylation is 1. The van der Waals surface area contributed by atoms with Gasteiger partial charge in [0.2, 0.25) is 11.0 Å². The number of rotatable bonds is 5. The first-order valence-electron chi connectivity index (χ1n) is 11.2. The van der Waals surface area contributed by atoms with Gasteiger partial charge in [0.05, 0.1) is 15.9 Å². The third-order valence-corrected chi connectivity index (χ3v) is 7.11. The van der Waals surface area contributed by atoms with Crippen molar-refractivity contribution in [3.8, 4) is 10.9 Å². The number of carbonyl (C=O) groups excluding carboxylic acids is 1. The summed E-state index contributed by atoms with van der Waals surface area (Å²) in [7, 11) is 0. The SMILES string of the molecule is Cc1nn(-c2nc3ccccc3s2)c2c1C(c1ccc(OCc3ccccc3)cc1)CC(=O)N2. The van der Waals surface area contributed by atoms with Crippen molar-refractivity contribution in [3.63, 3.8) is 0 Å². The van der Waals surface area contributed by atoms with Crippen molar-refractivity contribution in [2.24, 2.45) is 0 Å². The number of aromatic nitrogens is 3. The summed E-state index contributed by atoms with van der Waals surface area (Å²) in [6.45, 7) is 2.51. The Hall–Kier alpha value is -3.97. The molecule has 3 heterocycles. The predicted molar refractivity (Wildman–Crippen MR) is 134 cm³/mol. The lowest BCUT2D eigenvalue weighted by Gasteiger charge is -2.24. The molecule has 34 heavy (non-hydrogen) atoms. The van der Waals surface area contributed by atoms with E-state index in [0.29, 0.717) is 18.8 Å². The number of fused-ring (bicyclic) bond motifs is 2. The second-order valence-corrected chi connectivity index (χ2v) is 9.38. The Morgan fingerprint density at radius 1 is 1.03 bits per heavy atom. The van der Waals surface area contributed by atoms with Gasteiger partial charge in [-0.1, -0.05) is 65.9 Å². The van der Waals surface area contributed by atoms with E-state index in [2.05, 4.69) is 5.32 Å². The molecule has 0 saturated carbocycles. The Morgan fingerprint density at radius 2 is 1.79 bits per heavy atom. The molecule has 6 rings (SSSR count). The van der Waals surface area contributed by atoms with Crippen LogP contribution in [0.3, 0.4) is 0 Å².